The molecule has 7 heteroatoms. The maximum absolute atomic E-state index is 13.0. The van der Waals surface area contributed by atoms with Gasteiger partial charge in [0.05, 0.1) is 5.56 Å². The molecule has 0 amide bonds. The van der Waals surface area contributed by atoms with Gasteiger partial charge in [-0.1, -0.05) is 59.8 Å². The second-order valence-corrected chi connectivity index (χ2v) is 8.36. The number of rotatable bonds is 5. The van der Waals surface area contributed by atoms with Crippen LogP contribution in [0, 0.1) is 0 Å². The SMILES string of the molecule is C[C@@H](NC1CC(c2nc(-c3cccc(C(F)(F)F)c3)no2)C1)c1cccc2ccccc12. The first-order chi connectivity index (χ1) is 15.4. The number of fused-ring (bicyclic) bond motifs is 1. The van der Waals surface area contributed by atoms with E-state index in [0.717, 1.165) is 25.0 Å². The van der Waals surface area contributed by atoms with Gasteiger partial charge >= 0.3 is 6.18 Å². The summed E-state index contributed by atoms with van der Waals surface area (Å²) < 4.78 is 44.3. The van der Waals surface area contributed by atoms with Crippen molar-refractivity contribution < 1.29 is 17.7 Å². The smallest absolute Gasteiger partial charge is 0.339 e. The number of aromatic nitrogens is 2. The van der Waals surface area contributed by atoms with E-state index in [4.69, 9.17) is 4.52 Å². The van der Waals surface area contributed by atoms with E-state index in [1.807, 2.05) is 6.07 Å². The summed E-state index contributed by atoms with van der Waals surface area (Å²) >= 11 is 0. The number of nitrogens with one attached hydrogen (secondary N) is 1. The molecule has 1 aromatic heterocycles. The molecule has 0 aliphatic heterocycles. The Morgan fingerprint density at radius 2 is 1.75 bits per heavy atom. The lowest BCUT2D eigenvalue weighted by Crippen LogP contribution is -2.41. The summed E-state index contributed by atoms with van der Waals surface area (Å²) in [5, 5.41) is 10.0. The van der Waals surface area contributed by atoms with Crippen molar-refractivity contribution in [3.8, 4) is 11.4 Å². The Hall–Kier alpha value is -3.19. The third-order valence-electron chi connectivity index (χ3n) is 6.15. The van der Waals surface area contributed by atoms with E-state index in [1.165, 1.54) is 22.4 Å². The van der Waals surface area contributed by atoms with Crippen molar-refractivity contribution in [2.45, 2.75) is 43.9 Å². The van der Waals surface area contributed by atoms with Gasteiger partial charge in [-0.3, -0.25) is 0 Å². The zero-order valence-corrected chi connectivity index (χ0v) is 17.4. The maximum Gasteiger partial charge on any atom is 0.416 e. The average Bonchev–Trinajstić information content (AvgIpc) is 3.24. The third-order valence-corrected chi connectivity index (χ3v) is 6.15. The van der Waals surface area contributed by atoms with Crippen molar-refractivity contribution in [1.29, 1.82) is 0 Å². The van der Waals surface area contributed by atoms with E-state index in [1.54, 1.807) is 6.07 Å². The number of nitrogens with zero attached hydrogens (tertiary/aromatic N) is 2. The van der Waals surface area contributed by atoms with Crippen molar-refractivity contribution in [3.63, 3.8) is 0 Å². The zero-order valence-electron chi connectivity index (χ0n) is 17.4. The summed E-state index contributed by atoms with van der Waals surface area (Å²) in [6, 6.07) is 20.2. The van der Waals surface area contributed by atoms with Crippen molar-refractivity contribution in [1.82, 2.24) is 15.5 Å². The molecule has 1 fully saturated rings. The molecule has 1 aliphatic carbocycles. The van der Waals surface area contributed by atoms with Crippen LogP contribution in [0.2, 0.25) is 0 Å². The molecule has 0 radical (unpaired) electrons. The summed E-state index contributed by atoms with van der Waals surface area (Å²) in [6.07, 6.45) is -2.71. The van der Waals surface area contributed by atoms with Crippen LogP contribution in [0.3, 0.4) is 0 Å². The summed E-state index contributed by atoms with van der Waals surface area (Å²) in [6.45, 7) is 2.16. The van der Waals surface area contributed by atoms with Gasteiger partial charge in [-0.2, -0.15) is 18.2 Å². The molecule has 1 heterocycles. The number of hydrogen-bond acceptors (Lipinski definition) is 4. The summed E-state index contributed by atoms with van der Waals surface area (Å²) in [5.41, 5.74) is 0.834. The van der Waals surface area contributed by atoms with Crippen molar-refractivity contribution >= 4 is 10.8 Å². The van der Waals surface area contributed by atoms with E-state index < -0.39 is 11.7 Å². The van der Waals surface area contributed by atoms with Crippen LogP contribution in [0.4, 0.5) is 13.2 Å². The highest BCUT2D eigenvalue weighted by Crippen LogP contribution is 2.39. The van der Waals surface area contributed by atoms with Crippen molar-refractivity contribution in [2.24, 2.45) is 0 Å². The first kappa shape index (κ1) is 20.7. The second-order valence-electron chi connectivity index (χ2n) is 8.36. The Morgan fingerprint density at radius 1 is 1.00 bits per heavy atom. The van der Waals surface area contributed by atoms with Crippen LogP contribution in [0.1, 0.15) is 48.7 Å². The molecule has 3 aromatic carbocycles. The van der Waals surface area contributed by atoms with E-state index in [0.29, 0.717) is 17.5 Å². The fraction of sp³-hybridized carbons (Fsp3) is 0.280. The lowest BCUT2D eigenvalue weighted by molar-refractivity contribution is -0.137. The van der Waals surface area contributed by atoms with Crippen LogP contribution in [0.15, 0.2) is 71.3 Å². The molecule has 0 spiro atoms. The van der Waals surface area contributed by atoms with E-state index in [-0.39, 0.29) is 17.8 Å². The van der Waals surface area contributed by atoms with Crippen LogP contribution in [0.25, 0.3) is 22.2 Å². The van der Waals surface area contributed by atoms with Gasteiger partial charge < -0.3 is 9.84 Å². The molecule has 32 heavy (non-hydrogen) atoms. The lowest BCUT2D eigenvalue weighted by Gasteiger charge is -2.36. The first-order valence-electron chi connectivity index (χ1n) is 10.6. The van der Waals surface area contributed by atoms with Gasteiger partial charge in [0.1, 0.15) is 0 Å². The van der Waals surface area contributed by atoms with Gasteiger partial charge in [-0.05, 0) is 48.2 Å². The number of benzene rings is 3. The quantitative estimate of drug-likeness (QED) is 0.387. The summed E-state index contributed by atoms with van der Waals surface area (Å²) in [5.74, 6) is 0.777. The van der Waals surface area contributed by atoms with Gasteiger partial charge in [0, 0.05) is 23.6 Å². The normalized spacial score (nSPS) is 19.6. The minimum absolute atomic E-state index is 0.110. The zero-order chi connectivity index (χ0) is 22.3. The predicted molar refractivity (Wildman–Crippen MR) is 116 cm³/mol. The monoisotopic (exact) mass is 437 g/mol. The fourth-order valence-electron chi connectivity index (χ4n) is 4.38. The second kappa shape index (κ2) is 8.06. The largest absolute Gasteiger partial charge is 0.416 e. The van der Waals surface area contributed by atoms with Crippen LogP contribution < -0.4 is 5.32 Å². The molecule has 4 aromatic rings. The molecule has 1 atom stereocenters. The van der Waals surface area contributed by atoms with Crippen molar-refractivity contribution in [2.75, 3.05) is 0 Å². The number of halogens is 3. The molecule has 1 saturated carbocycles. The Bertz CT molecular complexity index is 1240. The molecular formula is C25H22F3N3O. The average molecular weight is 437 g/mol. The minimum atomic E-state index is -4.41. The van der Waals surface area contributed by atoms with E-state index in [2.05, 4.69) is 58.8 Å². The highest BCUT2D eigenvalue weighted by Gasteiger charge is 2.35. The fourth-order valence-corrected chi connectivity index (χ4v) is 4.38. The maximum atomic E-state index is 13.0. The Balaban J connectivity index is 1.23. The predicted octanol–water partition coefficient (Wildman–Crippen LogP) is 6.51. The third kappa shape index (κ3) is 4.00. The van der Waals surface area contributed by atoms with E-state index in [9.17, 15) is 13.2 Å². The molecule has 0 bridgehead atoms. The molecule has 0 saturated heterocycles. The lowest BCUT2D eigenvalue weighted by atomic mass is 9.79. The Labute approximate surface area is 183 Å². The number of alkyl halides is 3. The van der Waals surface area contributed by atoms with Crippen LogP contribution >= 0.6 is 0 Å². The highest BCUT2D eigenvalue weighted by molar-refractivity contribution is 5.86. The van der Waals surface area contributed by atoms with Crippen LogP contribution in [0.5, 0.6) is 0 Å². The molecular weight excluding hydrogens is 415 g/mol. The highest BCUT2D eigenvalue weighted by atomic mass is 19.4. The van der Waals surface area contributed by atoms with Crippen molar-refractivity contribution in [3.05, 3.63) is 83.7 Å². The number of hydrogen-bond donors (Lipinski definition) is 1. The minimum Gasteiger partial charge on any atom is -0.339 e. The van der Waals surface area contributed by atoms with Crippen LogP contribution in [-0.4, -0.2) is 16.2 Å². The first-order valence-corrected chi connectivity index (χ1v) is 10.6. The molecule has 1 N–H and O–H groups in total. The Kier molecular flexibility index (Phi) is 5.21. The van der Waals surface area contributed by atoms with Gasteiger partial charge in [0.2, 0.25) is 11.7 Å². The van der Waals surface area contributed by atoms with Gasteiger partial charge in [-0.25, -0.2) is 0 Å². The molecule has 1 aliphatic rings. The molecule has 5 rings (SSSR count). The summed E-state index contributed by atoms with van der Waals surface area (Å²) in [7, 11) is 0. The molecule has 4 nitrogen and oxygen atoms in total. The topological polar surface area (TPSA) is 51.0 Å². The summed E-state index contributed by atoms with van der Waals surface area (Å²) in [4.78, 5) is 4.37. The van der Waals surface area contributed by atoms with Gasteiger partial charge in [0.25, 0.3) is 0 Å². The van der Waals surface area contributed by atoms with Gasteiger partial charge in [0.15, 0.2) is 0 Å². The molecule has 0 unspecified atom stereocenters. The standard InChI is InChI=1S/C25H22F3N3O/c1-15(21-11-5-7-16-6-2-3-10-22(16)21)29-20-13-18(14-20)24-30-23(31-32-24)17-8-4-9-19(12-17)25(26,27)28/h2-12,15,18,20,29H,13-14H2,1H3/t15-,18?,20?/m1/s1. The van der Waals surface area contributed by atoms with Crippen LogP contribution in [-0.2, 0) is 6.18 Å². The molecule has 164 valence electrons. The Morgan fingerprint density at radius 3 is 2.56 bits per heavy atom. The van der Waals surface area contributed by atoms with E-state index >= 15 is 0 Å². The van der Waals surface area contributed by atoms with Gasteiger partial charge in [-0.15, -0.1) is 0 Å².